The van der Waals surface area contributed by atoms with Gasteiger partial charge in [-0.2, -0.15) is 0 Å². The van der Waals surface area contributed by atoms with E-state index in [1.165, 1.54) is 11.3 Å². The van der Waals surface area contributed by atoms with Crippen LogP contribution in [0.3, 0.4) is 0 Å². The Kier molecular flexibility index (Phi) is 2.76. The topological polar surface area (TPSA) is 43.1 Å². The van der Waals surface area contributed by atoms with Crippen LogP contribution in [0.15, 0.2) is 20.1 Å². The van der Waals surface area contributed by atoms with Gasteiger partial charge in [0.2, 0.25) is 0 Å². The molecular weight excluding hydrogens is 234 g/mol. The molecule has 1 aromatic rings. The van der Waals surface area contributed by atoms with Crippen LogP contribution in [0, 0.1) is 0 Å². The van der Waals surface area contributed by atoms with E-state index in [0.29, 0.717) is 0 Å². The molecule has 0 aliphatic heterocycles. The van der Waals surface area contributed by atoms with E-state index in [-0.39, 0.29) is 5.24 Å². The van der Waals surface area contributed by atoms with Gasteiger partial charge in [-0.1, -0.05) is 0 Å². The number of primary amides is 1. The number of rotatable bonds is 1. The summed E-state index contributed by atoms with van der Waals surface area (Å²) in [6.45, 7) is 0. The number of hydrogen-bond donors (Lipinski definition) is 1. The Labute approximate surface area is 74.9 Å². The normalized spacial score (nSPS) is 9.70. The summed E-state index contributed by atoms with van der Waals surface area (Å²) in [4.78, 5) is 10.4. The van der Waals surface area contributed by atoms with Crippen molar-refractivity contribution in [1.29, 1.82) is 0 Å². The molecule has 0 fully saturated rings. The molecule has 5 heteroatoms. The minimum Gasteiger partial charge on any atom is -0.360 e. The Morgan fingerprint density at radius 2 is 2.40 bits per heavy atom. The number of thioether (sulfide) groups is 1. The number of hydrogen-bond acceptors (Lipinski definition) is 3. The monoisotopic (exact) mass is 237 g/mol. The average Bonchev–Trinajstić information content (AvgIpc) is 2.13. The molecule has 54 valence electrons. The standard InChI is InChI=1S/C5H4BrNOS2/c6-3-1-2-4(9-3)10-5(7)8/h1-2H,(H2,7,8). The Hall–Kier alpha value is -0.0000000000000000833. The zero-order valence-corrected chi connectivity index (χ0v) is 8.05. The molecule has 10 heavy (non-hydrogen) atoms. The molecule has 0 unspecified atom stereocenters. The molecule has 0 aromatic carbocycles. The fourth-order valence-corrected chi connectivity index (χ4v) is 2.91. The van der Waals surface area contributed by atoms with Crippen LogP contribution in [0.5, 0.6) is 0 Å². The Morgan fingerprint density at radius 1 is 1.70 bits per heavy atom. The number of carbonyl (C=O) groups excluding carboxylic acids is 1. The van der Waals surface area contributed by atoms with Crippen molar-refractivity contribution in [2.75, 3.05) is 0 Å². The lowest BCUT2D eigenvalue weighted by atomic mass is 10.7. The highest BCUT2D eigenvalue weighted by Gasteiger charge is 2.00. The Balaban J connectivity index is 2.67. The summed E-state index contributed by atoms with van der Waals surface area (Å²) >= 11 is 5.82. The van der Waals surface area contributed by atoms with Crippen LogP contribution in [0.4, 0.5) is 4.79 Å². The van der Waals surface area contributed by atoms with Gasteiger partial charge in [-0.3, -0.25) is 4.79 Å². The van der Waals surface area contributed by atoms with E-state index < -0.39 is 0 Å². The molecule has 0 atom stereocenters. The minimum absolute atomic E-state index is 0.366. The van der Waals surface area contributed by atoms with Crippen molar-refractivity contribution in [3.8, 4) is 0 Å². The highest BCUT2D eigenvalue weighted by molar-refractivity contribution is 9.11. The number of carbonyl (C=O) groups is 1. The molecule has 0 bridgehead atoms. The Morgan fingerprint density at radius 3 is 2.80 bits per heavy atom. The first-order chi connectivity index (χ1) is 4.68. The molecule has 1 amide bonds. The molecule has 0 aliphatic rings. The molecule has 1 aromatic heterocycles. The smallest absolute Gasteiger partial charge is 0.282 e. The van der Waals surface area contributed by atoms with Crippen LogP contribution in [0.1, 0.15) is 0 Å². The largest absolute Gasteiger partial charge is 0.360 e. The molecular formula is C5H4BrNOS2. The summed E-state index contributed by atoms with van der Waals surface area (Å²) in [6, 6.07) is 3.74. The maximum absolute atomic E-state index is 10.4. The lowest BCUT2D eigenvalue weighted by Gasteiger charge is -1.86. The second kappa shape index (κ2) is 3.41. The molecule has 1 rings (SSSR count). The lowest BCUT2D eigenvalue weighted by molar-refractivity contribution is 0.267. The molecule has 0 radical (unpaired) electrons. The number of halogens is 1. The van der Waals surface area contributed by atoms with Crippen LogP contribution in [0.2, 0.25) is 0 Å². The zero-order valence-electron chi connectivity index (χ0n) is 4.83. The quantitative estimate of drug-likeness (QED) is 0.764. The molecule has 0 spiro atoms. The van der Waals surface area contributed by atoms with Crippen LogP contribution in [0.25, 0.3) is 0 Å². The third kappa shape index (κ3) is 2.32. The van der Waals surface area contributed by atoms with Crippen molar-refractivity contribution in [2.24, 2.45) is 5.73 Å². The third-order valence-corrected chi connectivity index (χ3v) is 3.21. The predicted octanol–water partition coefficient (Wildman–Crippen LogP) is 2.68. The van der Waals surface area contributed by atoms with E-state index in [4.69, 9.17) is 5.73 Å². The van der Waals surface area contributed by atoms with Crippen molar-refractivity contribution < 1.29 is 4.79 Å². The average molecular weight is 238 g/mol. The van der Waals surface area contributed by atoms with Gasteiger partial charge in [0.25, 0.3) is 5.24 Å². The first-order valence-corrected chi connectivity index (χ1v) is 4.83. The van der Waals surface area contributed by atoms with Crippen molar-refractivity contribution in [2.45, 2.75) is 4.21 Å². The summed E-state index contributed by atoms with van der Waals surface area (Å²) in [5.41, 5.74) is 4.95. The highest BCUT2D eigenvalue weighted by Crippen LogP contribution is 2.30. The van der Waals surface area contributed by atoms with Gasteiger partial charge in [0.05, 0.1) is 8.00 Å². The van der Waals surface area contributed by atoms with Crippen LogP contribution < -0.4 is 5.73 Å². The van der Waals surface area contributed by atoms with Gasteiger partial charge in [0.1, 0.15) is 0 Å². The van der Waals surface area contributed by atoms with Crippen molar-refractivity contribution in [3.05, 3.63) is 15.9 Å². The van der Waals surface area contributed by atoms with Gasteiger partial charge < -0.3 is 5.73 Å². The molecule has 0 aliphatic carbocycles. The number of thiophene rings is 1. The molecule has 1 heterocycles. The van der Waals surface area contributed by atoms with E-state index in [1.807, 2.05) is 12.1 Å². The molecule has 2 N–H and O–H groups in total. The van der Waals surface area contributed by atoms with Gasteiger partial charge in [0, 0.05) is 0 Å². The van der Waals surface area contributed by atoms with Crippen molar-refractivity contribution in [3.63, 3.8) is 0 Å². The maximum Gasteiger partial charge on any atom is 0.282 e. The van der Waals surface area contributed by atoms with Crippen LogP contribution in [-0.2, 0) is 0 Å². The zero-order chi connectivity index (χ0) is 7.56. The summed E-state index contributed by atoms with van der Waals surface area (Å²) in [6.07, 6.45) is 0. The number of amides is 1. The lowest BCUT2D eigenvalue weighted by Crippen LogP contribution is -2.00. The second-order valence-electron chi connectivity index (χ2n) is 1.48. The third-order valence-electron chi connectivity index (χ3n) is 0.750. The summed E-state index contributed by atoms with van der Waals surface area (Å²) in [5.74, 6) is 0. The van der Waals surface area contributed by atoms with E-state index >= 15 is 0 Å². The van der Waals surface area contributed by atoms with Crippen LogP contribution >= 0.6 is 39.0 Å². The maximum atomic E-state index is 10.4. The first kappa shape index (κ1) is 8.10. The van der Waals surface area contributed by atoms with Gasteiger partial charge in [-0.15, -0.1) is 11.3 Å². The summed E-state index contributed by atoms with van der Waals surface area (Å²) < 4.78 is 1.93. The van der Waals surface area contributed by atoms with Gasteiger partial charge in [-0.05, 0) is 39.8 Å². The fourth-order valence-electron chi connectivity index (χ4n) is 0.452. The predicted molar refractivity (Wildman–Crippen MR) is 47.5 cm³/mol. The SMILES string of the molecule is NC(=O)Sc1ccc(Br)s1. The second-order valence-corrected chi connectivity index (χ2v) is 5.25. The van der Waals surface area contributed by atoms with E-state index in [2.05, 4.69) is 15.9 Å². The van der Waals surface area contributed by atoms with Gasteiger partial charge in [0.15, 0.2) is 0 Å². The molecule has 0 saturated carbocycles. The van der Waals surface area contributed by atoms with Crippen molar-refractivity contribution in [1.82, 2.24) is 0 Å². The van der Waals surface area contributed by atoms with Gasteiger partial charge >= 0.3 is 0 Å². The Bertz CT molecular complexity index is 248. The minimum atomic E-state index is -0.366. The van der Waals surface area contributed by atoms with E-state index in [9.17, 15) is 4.79 Å². The summed E-state index contributed by atoms with van der Waals surface area (Å²) in [5, 5.41) is -0.366. The summed E-state index contributed by atoms with van der Waals surface area (Å²) in [7, 11) is 0. The fraction of sp³-hybridized carbons (Fsp3) is 0. The number of nitrogens with two attached hydrogens (primary N) is 1. The van der Waals surface area contributed by atoms with Crippen LogP contribution in [-0.4, -0.2) is 5.24 Å². The first-order valence-electron chi connectivity index (χ1n) is 2.41. The van der Waals surface area contributed by atoms with Gasteiger partial charge in [-0.25, -0.2) is 0 Å². The van der Waals surface area contributed by atoms with E-state index in [1.54, 1.807) is 0 Å². The van der Waals surface area contributed by atoms with E-state index in [0.717, 1.165) is 19.8 Å². The molecule has 2 nitrogen and oxygen atoms in total. The molecule has 0 saturated heterocycles. The highest BCUT2D eigenvalue weighted by atomic mass is 79.9. The van der Waals surface area contributed by atoms with Crippen molar-refractivity contribution >= 4 is 44.3 Å².